The van der Waals surface area contributed by atoms with Crippen LogP contribution in [0, 0.1) is 0 Å². The molecule has 1 aliphatic heterocycles. The highest BCUT2D eigenvalue weighted by Gasteiger charge is 2.19. The zero-order chi connectivity index (χ0) is 11.7. The molecule has 1 aromatic rings. The third kappa shape index (κ3) is 2.07. The Morgan fingerprint density at radius 2 is 1.94 bits per heavy atom. The number of Topliss-reactive ketones (excluding diaryl/α,β-unsaturated/α-hetero) is 1. The summed E-state index contributed by atoms with van der Waals surface area (Å²) in [6.45, 7) is 4.13. The molecular weight excluding hydrogens is 212 g/mol. The highest BCUT2D eigenvalue weighted by atomic mass is 16.1. The number of hydrogen-bond donors (Lipinski definition) is 1. The Morgan fingerprint density at radius 1 is 1.12 bits per heavy atom. The van der Waals surface area contributed by atoms with Gasteiger partial charge >= 0.3 is 0 Å². The predicted molar refractivity (Wildman–Crippen MR) is 68.8 cm³/mol. The number of nitrogens with one attached hydrogen (secondary N) is 1. The van der Waals surface area contributed by atoms with Crippen LogP contribution in [0.2, 0.25) is 0 Å². The van der Waals surface area contributed by atoms with Crippen molar-refractivity contribution in [1.82, 2.24) is 5.32 Å². The van der Waals surface area contributed by atoms with Gasteiger partial charge in [0.15, 0.2) is 5.78 Å². The molecule has 0 bridgehead atoms. The van der Waals surface area contributed by atoms with E-state index in [1.54, 1.807) is 0 Å². The average molecular weight is 230 g/mol. The summed E-state index contributed by atoms with van der Waals surface area (Å²) < 4.78 is 0. The molecule has 0 unspecified atom stereocenters. The van der Waals surface area contributed by atoms with Gasteiger partial charge in [0.2, 0.25) is 0 Å². The lowest BCUT2D eigenvalue weighted by Crippen LogP contribution is -2.43. The van der Waals surface area contributed by atoms with Gasteiger partial charge in [-0.3, -0.25) is 4.79 Å². The van der Waals surface area contributed by atoms with E-state index in [2.05, 4.69) is 28.4 Å². The minimum atomic E-state index is 0.322. The van der Waals surface area contributed by atoms with Gasteiger partial charge in [0.1, 0.15) is 0 Å². The van der Waals surface area contributed by atoms with Crippen molar-refractivity contribution in [2.45, 2.75) is 19.3 Å². The van der Waals surface area contributed by atoms with Crippen molar-refractivity contribution >= 4 is 11.5 Å². The molecule has 0 aromatic heterocycles. The summed E-state index contributed by atoms with van der Waals surface area (Å²) >= 11 is 0. The van der Waals surface area contributed by atoms with Crippen LogP contribution in [0.5, 0.6) is 0 Å². The summed E-state index contributed by atoms with van der Waals surface area (Å²) in [6.07, 6.45) is 2.79. The van der Waals surface area contributed by atoms with Crippen LogP contribution in [0.1, 0.15) is 28.8 Å². The summed E-state index contributed by atoms with van der Waals surface area (Å²) in [5, 5.41) is 3.35. The zero-order valence-electron chi connectivity index (χ0n) is 10.0. The number of aryl methyl sites for hydroxylation is 1. The van der Waals surface area contributed by atoms with Crippen LogP contribution in [0.4, 0.5) is 5.69 Å². The largest absolute Gasteiger partial charge is 0.369 e. The van der Waals surface area contributed by atoms with Gasteiger partial charge in [-0.25, -0.2) is 0 Å². The van der Waals surface area contributed by atoms with Crippen LogP contribution in [0.25, 0.3) is 0 Å². The lowest BCUT2D eigenvalue weighted by molar-refractivity contribution is 0.0972. The maximum Gasteiger partial charge on any atom is 0.163 e. The first-order valence-corrected chi connectivity index (χ1v) is 6.46. The SMILES string of the molecule is O=C1CCCc2ccc(N3CCNCC3)cc21. The van der Waals surface area contributed by atoms with Gasteiger partial charge in [-0.15, -0.1) is 0 Å². The molecule has 0 saturated carbocycles. The van der Waals surface area contributed by atoms with Crippen molar-refractivity contribution in [3.8, 4) is 0 Å². The fourth-order valence-electron chi connectivity index (χ4n) is 2.74. The number of hydrogen-bond acceptors (Lipinski definition) is 3. The fraction of sp³-hybridized carbons (Fsp3) is 0.500. The molecule has 1 heterocycles. The van der Waals surface area contributed by atoms with Crippen LogP contribution in [-0.2, 0) is 6.42 Å². The molecule has 0 amide bonds. The van der Waals surface area contributed by atoms with Crippen LogP contribution in [-0.4, -0.2) is 32.0 Å². The molecule has 1 aromatic carbocycles. The Labute approximate surface area is 102 Å². The van der Waals surface area contributed by atoms with E-state index in [1.165, 1.54) is 11.3 Å². The molecule has 1 fully saturated rings. The van der Waals surface area contributed by atoms with Crippen molar-refractivity contribution in [2.24, 2.45) is 0 Å². The molecule has 2 aliphatic rings. The average Bonchev–Trinajstić information content (AvgIpc) is 2.40. The van der Waals surface area contributed by atoms with E-state index >= 15 is 0 Å². The lowest BCUT2D eigenvalue weighted by Gasteiger charge is -2.30. The van der Waals surface area contributed by atoms with Crippen molar-refractivity contribution in [2.75, 3.05) is 31.1 Å². The number of carbonyl (C=O) groups excluding carboxylic acids is 1. The van der Waals surface area contributed by atoms with E-state index < -0.39 is 0 Å². The minimum absolute atomic E-state index is 0.322. The van der Waals surface area contributed by atoms with Crippen LogP contribution in [0.3, 0.4) is 0 Å². The van der Waals surface area contributed by atoms with Gasteiger partial charge in [-0.05, 0) is 30.5 Å². The number of benzene rings is 1. The van der Waals surface area contributed by atoms with Crippen molar-refractivity contribution < 1.29 is 4.79 Å². The highest BCUT2D eigenvalue weighted by Crippen LogP contribution is 2.26. The first-order chi connectivity index (χ1) is 8.34. The predicted octanol–water partition coefficient (Wildman–Crippen LogP) is 1.62. The Morgan fingerprint density at radius 3 is 2.76 bits per heavy atom. The van der Waals surface area contributed by atoms with Gasteiger partial charge in [-0.1, -0.05) is 6.07 Å². The van der Waals surface area contributed by atoms with E-state index in [4.69, 9.17) is 0 Å². The molecule has 1 saturated heterocycles. The van der Waals surface area contributed by atoms with Gasteiger partial charge < -0.3 is 10.2 Å². The lowest BCUT2D eigenvalue weighted by atomic mass is 9.90. The Bertz CT molecular complexity index is 436. The van der Waals surface area contributed by atoms with Crippen LogP contribution in [0.15, 0.2) is 18.2 Å². The van der Waals surface area contributed by atoms with Crippen LogP contribution < -0.4 is 10.2 Å². The van der Waals surface area contributed by atoms with E-state index in [0.717, 1.165) is 51.0 Å². The molecule has 3 nitrogen and oxygen atoms in total. The van der Waals surface area contributed by atoms with Gasteiger partial charge in [0, 0.05) is 43.9 Å². The summed E-state index contributed by atoms with van der Waals surface area (Å²) in [4.78, 5) is 14.2. The third-order valence-corrected chi connectivity index (χ3v) is 3.73. The molecule has 90 valence electrons. The second-order valence-electron chi connectivity index (χ2n) is 4.86. The third-order valence-electron chi connectivity index (χ3n) is 3.73. The van der Waals surface area contributed by atoms with Crippen molar-refractivity contribution in [3.63, 3.8) is 0 Å². The Balaban J connectivity index is 1.91. The molecule has 17 heavy (non-hydrogen) atoms. The number of rotatable bonds is 1. The smallest absolute Gasteiger partial charge is 0.163 e. The first kappa shape index (κ1) is 10.8. The van der Waals surface area contributed by atoms with E-state index in [0.29, 0.717) is 5.78 Å². The molecule has 1 N–H and O–H groups in total. The standard InChI is InChI=1S/C14H18N2O/c17-14-3-1-2-11-4-5-12(10-13(11)14)16-8-6-15-7-9-16/h4-5,10,15H,1-3,6-9H2. The number of carbonyl (C=O) groups is 1. The second-order valence-corrected chi connectivity index (χ2v) is 4.86. The molecule has 0 atom stereocenters. The van der Waals surface area contributed by atoms with E-state index in [-0.39, 0.29) is 0 Å². The second kappa shape index (κ2) is 4.49. The molecule has 1 aliphatic carbocycles. The fourth-order valence-corrected chi connectivity index (χ4v) is 2.74. The number of anilines is 1. The number of fused-ring (bicyclic) bond motifs is 1. The minimum Gasteiger partial charge on any atom is -0.369 e. The molecular formula is C14H18N2O. The zero-order valence-corrected chi connectivity index (χ0v) is 10.0. The maximum absolute atomic E-state index is 11.9. The highest BCUT2D eigenvalue weighted by molar-refractivity contribution is 5.99. The summed E-state index contributed by atoms with van der Waals surface area (Å²) in [6, 6.07) is 6.41. The quantitative estimate of drug-likeness (QED) is 0.795. The van der Waals surface area contributed by atoms with Gasteiger partial charge in [0.05, 0.1) is 0 Å². The molecule has 0 spiro atoms. The van der Waals surface area contributed by atoms with Gasteiger partial charge in [0.25, 0.3) is 0 Å². The number of nitrogens with zero attached hydrogens (tertiary/aromatic N) is 1. The Kier molecular flexibility index (Phi) is 2.85. The number of piperazine rings is 1. The topological polar surface area (TPSA) is 32.3 Å². The van der Waals surface area contributed by atoms with E-state index in [1.807, 2.05) is 0 Å². The summed E-state index contributed by atoms with van der Waals surface area (Å²) in [7, 11) is 0. The molecule has 3 rings (SSSR count). The van der Waals surface area contributed by atoms with E-state index in [9.17, 15) is 4.79 Å². The summed E-state index contributed by atoms with van der Waals surface area (Å²) in [5.74, 6) is 0.322. The maximum atomic E-state index is 11.9. The van der Waals surface area contributed by atoms with Crippen molar-refractivity contribution in [3.05, 3.63) is 29.3 Å². The van der Waals surface area contributed by atoms with Crippen LogP contribution >= 0.6 is 0 Å². The Hall–Kier alpha value is -1.35. The molecule has 3 heteroatoms. The van der Waals surface area contributed by atoms with Crippen molar-refractivity contribution in [1.29, 1.82) is 0 Å². The molecule has 0 radical (unpaired) electrons. The normalized spacial score (nSPS) is 20.2. The van der Waals surface area contributed by atoms with Gasteiger partial charge in [-0.2, -0.15) is 0 Å². The monoisotopic (exact) mass is 230 g/mol. The number of ketones is 1. The summed E-state index contributed by atoms with van der Waals surface area (Å²) in [5.41, 5.74) is 3.41. The first-order valence-electron chi connectivity index (χ1n) is 6.46.